The van der Waals surface area contributed by atoms with E-state index in [0.29, 0.717) is 10.5 Å². The summed E-state index contributed by atoms with van der Waals surface area (Å²) in [5.74, 6) is -0.125. The van der Waals surface area contributed by atoms with E-state index < -0.39 is 11.6 Å². The molecule has 0 fully saturated rings. The first-order chi connectivity index (χ1) is 6.18. The Kier molecular flexibility index (Phi) is 2.51. The maximum absolute atomic E-state index is 13.2. The van der Waals surface area contributed by atoms with Crippen LogP contribution >= 0.6 is 24.4 Å². The van der Waals surface area contributed by atoms with Gasteiger partial charge in [0.1, 0.15) is 11.6 Å². The molecule has 0 saturated heterocycles. The van der Waals surface area contributed by atoms with Crippen LogP contribution in [0.2, 0.25) is 0 Å². The zero-order chi connectivity index (χ0) is 9.42. The Hall–Kier alpha value is -0.220. The topological polar surface area (TPSA) is 0 Å². The first-order valence-corrected chi connectivity index (χ1v) is 5.48. The van der Waals surface area contributed by atoms with Crippen molar-refractivity contribution in [3.05, 3.63) is 29.3 Å². The Labute approximate surface area is 85.1 Å². The highest BCUT2D eigenvalue weighted by molar-refractivity contribution is 7.99. The van der Waals surface area contributed by atoms with Crippen LogP contribution in [-0.4, -0.2) is 5.75 Å². The fourth-order valence-corrected chi connectivity index (χ4v) is 3.13. The zero-order valence-corrected chi connectivity index (χ0v) is 8.47. The Bertz CT molecular complexity index is 339. The number of thioether (sulfide) groups is 1. The zero-order valence-electron chi connectivity index (χ0n) is 6.76. The van der Waals surface area contributed by atoms with Gasteiger partial charge in [-0.15, -0.1) is 11.8 Å². The van der Waals surface area contributed by atoms with Gasteiger partial charge < -0.3 is 0 Å². The molecule has 2 rings (SSSR count). The van der Waals surface area contributed by atoms with Crippen molar-refractivity contribution in [1.29, 1.82) is 0 Å². The predicted octanol–water partition coefficient (Wildman–Crippen LogP) is 3.43. The molecule has 1 unspecified atom stereocenters. The van der Waals surface area contributed by atoms with Gasteiger partial charge in [-0.3, -0.25) is 0 Å². The lowest BCUT2D eigenvalue weighted by atomic mass is 10.1. The van der Waals surface area contributed by atoms with Crippen LogP contribution in [0.5, 0.6) is 0 Å². The minimum absolute atomic E-state index is 0.0264. The van der Waals surface area contributed by atoms with E-state index in [1.807, 2.05) is 0 Å². The molecular formula is C9H8F2S2. The molecule has 0 amide bonds. The summed E-state index contributed by atoms with van der Waals surface area (Å²) in [7, 11) is 0. The number of benzene rings is 1. The standard InChI is InChI=1S/C9H8F2S2/c10-5-3-6-8(12)1-2-13-9(6)7(11)4-5/h3-4,8,12H,1-2H2. The SMILES string of the molecule is Fc1cc(F)c2c(c1)C(S)CCS2. The van der Waals surface area contributed by atoms with Crippen LogP contribution in [0.3, 0.4) is 0 Å². The fourth-order valence-electron chi connectivity index (χ4n) is 1.41. The van der Waals surface area contributed by atoms with Crippen LogP contribution in [0.15, 0.2) is 17.0 Å². The highest BCUT2D eigenvalue weighted by Crippen LogP contribution is 2.41. The van der Waals surface area contributed by atoms with Gasteiger partial charge in [0.05, 0.1) is 0 Å². The summed E-state index contributed by atoms with van der Waals surface area (Å²) >= 11 is 5.73. The molecule has 0 N–H and O–H groups in total. The third kappa shape index (κ3) is 1.70. The Morgan fingerprint density at radius 3 is 2.92 bits per heavy atom. The maximum atomic E-state index is 13.2. The number of hydrogen-bond acceptors (Lipinski definition) is 2. The second kappa shape index (κ2) is 3.50. The first kappa shape index (κ1) is 9.34. The minimum atomic E-state index is -0.516. The molecule has 0 radical (unpaired) electrons. The van der Waals surface area contributed by atoms with Crippen LogP contribution in [-0.2, 0) is 0 Å². The summed E-state index contributed by atoms with van der Waals surface area (Å²) < 4.78 is 26.1. The van der Waals surface area contributed by atoms with Gasteiger partial charge >= 0.3 is 0 Å². The summed E-state index contributed by atoms with van der Waals surface area (Å²) in [6.45, 7) is 0. The van der Waals surface area contributed by atoms with Crippen molar-refractivity contribution in [2.45, 2.75) is 16.6 Å². The number of hydrogen-bond donors (Lipinski definition) is 1. The molecule has 1 heterocycles. The van der Waals surface area contributed by atoms with Crippen LogP contribution in [0, 0.1) is 11.6 Å². The molecular weight excluding hydrogens is 210 g/mol. The highest BCUT2D eigenvalue weighted by Gasteiger charge is 2.21. The second-order valence-electron chi connectivity index (χ2n) is 2.96. The first-order valence-electron chi connectivity index (χ1n) is 3.98. The van der Waals surface area contributed by atoms with Gasteiger partial charge in [0.15, 0.2) is 0 Å². The number of thiol groups is 1. The number of fused-ring (bicyclic) bond motifs is 1. The average Bonchev–Trinajstić information content (AvgIpc) is 2.07. The highest BCUT2D eigenvalue weighted by atomic mass is 32.2. The Morgan fingerprint density at radius 1 is 1.38 bits per heavy atom. The van der Waals surface area contributed by atoms with Gasteiger partial charge in [-0.05, 0) is 23.8 Å². The smallest absolute Gasteiger partial charge is 0.139 e. The van der Waals surface area contributed by atoms with E-state index in [1.54, 1.807) is 0 Å². The van der Waals surface area contributed by atoms with Crippen molar-refractivity contribution in [3.63, 3.8) is 0 Å². The largest absolute Gasteiger partial charge is 0.207 e. The molecule has 1 aliphatic rings. The van der Waals surface area contributed by atoms with E-state index in [1.165, 1.54) is 17.8 Å². The van der Waals surface area contributed by atoms with Crippen molar-refractivity contribution >= 4 is 24.4 Å². The monoisotopic (exact) mass is 218 g/mol. The molecule has 1 aromatic carbocycles. The van der Waals surface area contributed by atoms with Crippen molar-refractivity contribution in [2.24, 2.45) is 0 Å². The number of rotatable bonds is 0. The van der Waals surface area contributed by atoms with Crippen LogP contribution < -0.4 is 0 Å². The van der Waals surface area contributed by atoms with Crippen LogP contribution in [0.1, 0.15) is 17.2 Å². The molecule has 70 valence electrons. The Morgan fingerprint density at radius 2 is 2.15 bits per heavy atom. The van der Waals surface area contributed by atoms with Gasteiger partial charge in [0.25, 0.3) is 0 Å². The quantitative estimate of drug-likeness (QED) is 0.651. The molecule has 0 aromatic heterocycles. The summed E-state index contributed by atoms with van der Waals surface area (Å²) in [5.41, 5.74) is 0.692. The fraction of sp³-hybridized carbons (Fsp3) is 0.333. The third-order valence-electron chi connectivity index (χ3n) is 2.03. The normalized spacial score (nSPS) is 21.3. The Balaban J connectivity index is 2.56. The van der Waals surface area contributed by atoms with Crippen LogP contribution in [0.4, 0.5) is 8.78 Å². The minimum Gasteiger partial charge on any atom is -0.207 e. The van der Waals surface area contributed by atoms with Crippen molar-refractivity contribution in [1.82, 2.24) is 0 Å². The van der Waals surface area contributed by atoms with E-state index in [-0.39, 0.29) is 5.25 Å². The molecule has 1 atom stereocenters. The van der Waals surface area contributed by atoms with Gasteiger partial charge in [0, 0.05) is 16.2 Å². The molecule has 1 aliphatic heterocycles. The van der Waals surface area contributed by atoms with Crippen molar-refractivity contribution in [2.75, 3.05) is 5.75 Å². The maximum Gasteiger partial charge on any atom is 0.139 e. The van der Waals surface area contributed by atoms with E-state index in [0.717, 1.165) is 18.2 Å². The molecule has 0 saturated carbocycles. The summed E-state index contributed by atoms with van der Waals surface area (Å²) in [4.78, 5) is 0.563. The van der Waals surface area contributed by atoms with E-state index in [2.05, 4.69) is 12.6 Å². The molecule has 4 heteroatoms. The lowest BCUT2D eigenvalue weighted by Crippen LogP contribution is -2.04. The molecule has 1 aromatic rings. The summed E-state index contributed by atoms with van der Waals surface area (Å²) in [6, 6.07) is 2.31. The lowest BCUT2D eigenvalue weighted by molar-refractivity contribution is 0.556. The molecule has 0 aliphatic carbocycles. The van der Waals surface area contributed by atoms with Crippen molar-refractivity contribution < 1.29 is 8.78 Å². The van der Waals surface area contributed by atoms with E-state index in [4.69, 9.17) is 0 Å². The summed E-state index contributed by atoms with van der Waals surface area (Å²) in [5, 5.41) is -0.0264. The lowest BCUT2D eigenvalue weighted by Gasteiger charge is -2.21. The molecule has 0 spiro atoms. The predicted molar refractivity (Wildman–Crippen MR) is 53.4 cm³/mol. The third-order valence-corrected chi connectivity index (χ3v) is 3.73. The van der Waals surface area contributed by atoms with Gasteiger partial charge in [-0.25, -0.2) is 8.78 Å². The summed E-state index contributed by atoms with van der Waals surface area (Å²) in [6.07, 6.45) is 0.865. The van der Waals surface area contributed by atoms with Gasteiger partial charge in [-0.2, -0.15) is 12.6 Å². The van der Waals surface area contributed by atoms with Gasteiger partial charge in [0.2, 0.25) is 0 Å². The molecule has 0 nitrogen and oxygen atoms in total. The van der Waals surface area contributed by atoms with E-state index >= 15 is 0 Å². The van der Waals surface area contributed by atoms with Crippen LogP contribution in [0.25, 0.3) is 0 Å². The number of halogens is 2. The van der Waals surface area contributed by atoms with Crippen molar-refractivity contribution in [3.8, 4) is 0 Å². The average molecular weight is 218 g/mol. The molecule has 13 heavy (non-hydrogen) atoms. The van der Waals surface area contributed by atoms with Gasteiger partial charge in [-0.1, -0.05) is 0 Å². The second-order valence-corrected chi connectivity index (χ2v) is 4.69. The molecule has 0 bridgehead atoms. The van der Waals surface area contributed by atoms with E-state index in [9.17, 15) is 8.78 Å².